The number of rotatable bonds is 5. The van der Waals surface area contributed by atoms with E-state index in [2.05, 4.69) is 19.9 Å². The smallest absolute Gasteiger partial charge is 0.267 e. The van der Waals surface area contributed by atoms with Crippen LogP contribution in [0, 0.1) is 19.8 Å². The number of amides is 1. The molecule has 1 amide bonds. The molecule has 1 aliphatic heterocycles. The first-order valence-corrected chi connectivity index (χ1v) is 8.47. The number of hydrogen-bond donors (Lipinski definition) is 1. The average Bonchev–Trinajstić information content (AvgIpc) is 2.60. The maximum atomic E-state index is 11.2. The predicted molar refractivity (Wildman–Crippen MR) is 94.7 cm³/mol. The Bertz CT molecular complexity index is 737. The van der Waals surface area contributed by atoms with E-state index in [0.29, 0.717) is 18.3 Å². The Labute approximate surface area is 147 Å². The van der Waals surface area contributed by atoms with E-state index in [1.54, 1.807) is 12.1 Å². The molecule has 1 aliphatic rings. The highest BCUT2D eigenvalue weighted by atomic mass is 16.5. The van der Waals surface area contributed by atoms with Crippen LogP contribution in [0.15, 0.2) is 24.4 Å². The number of pyridine rings is 1. The topological polar surface area (TPSA) is 94.2 Å². The van der Waals surface area contributed by atoms with Gasteiger partial charge < -0.3 is 15.4 Å². The molecule has 0 aromatic carbocycles. The van der Waals surface area contributed by atoms with Gasteiger partial charge in [-0.25, -0.2) is 9.97 Å². The first-order chi connectivity index (χ1) is 12.0. The number of carbonyl (C=O) groups is 1. The Morgan fingerprint density at radius 3 is 2.56 bits per heavy atom. The maximum Gasteiger partial charge on any atom is 0.267 e. The molecule has 2 aromatic heterocycles. The van der Waals surface area contributed by atoms with Gasteiger partial charge in [0.2, 0.25) is 5.95 Å². The molecule has 0 saturated carbocycles. The van der Waals surface area contributed by atoms with Crippen LogP contribution in [0.4, 0.5) is 5.95 Å². The van der Waals surface area contributed by atoms with E-state index in [1.807, 2.05) is 19.9 Å². The van der Waals surface area contributed by atoms with E-state index in [9.17, 15) is 4.79 Å². The van der Waals surface area contributed by atoms with Gasteiger partial charge in [0.15, 0.2) is 0 Å². The fourth-order valence-electron chi connectivity index (χ4n) is 3.00. The van der Waals surface area contributed by atoms with Crippen LogP contribution < -0.4 is 15.4 Å². The minimum absolute atomic E-state index is 0.222. The van der Waals surface area contributed by atoms with E-state index < -0.39 is 5.91 Å². The van der Waals surface area contributed by atoms with Crippen molar-refractivity contribution in [1.29, 1.82) is 0 Å². The largest absolute Gasteiger partial charge is 0.493 e. The normalized spacial score (nSPS) is 15.2. The Balaban J connectivity index is 1.52. The van der Waals surface area contributed by atoms with Crippen LogP contribution in [0.25, 0.3) is 0 Å². The molecule has 0 atom stereocenters. The summed E-state index contributed by atoms with van der Waals surface area (Å²) < 4.78 is 5.82. The minimum Gasteiger partial charge on any atom is -0.493 e. The maximum absolute atomic E-state index is 11.2. The van der Waals surface area contributed by atoms with Crippen LogP contribution in [0.2, 0.25) is 0 Å². The molecule has 0 radical (unpaired) electrons. The van der Waals surface area contributed by atoms with Crippen LogP contribution in [-0.4, -0.2) is 40.6 Å². The Morgan fingerprint density at radius 1 is 1.24 bits per heavy atom. The van der Waals surface area contributed by atoms with Gasteiger partial charge in [-0.2, -0.15) is 0 Å². The lowest BCUT2D eigenvalue weighted by molar-refractivity contribution is 0.0995. The molecule has 2 aromatic rings. The van der Waals surface area contributed by atoms with Gasteiger partial charge in [0.1, 0.15) is 11.4 Å². The van der Waals surface area contributed by atoms with Gasteiger partial charge in [-0.15, -0.1) is 0 Å². The quantitative estimate of drug-likeness (QED) is 0.892. The molecule has 2 N–H and O–H groups in total. The molecule has 7 heteroatoms. The number of nitrogens with zero attached hydrogens (tertiary/aromatic N) is 4. The average molecular weight is 341 g/mol. The van der Waals surface area contributed by atoms with E-state index in [1.165, 1.54) is 6.20 Å². The van der Waals surface area contributed by atoms with Crippen molar-refractivity contribution in [2.75, 3.05) is 24.6 Å². The van der Waals surface area contributed by atoms with Gasteiger partial charge >= 0.3 is 0 Å². The first kappa shape index (κ1) is 17.1. The zero-order valence-corrected chi connectivity index (χ0v) is 14.6. The summed E-state index contributed by atoms with van der Waals surface area (Å²) in [6, 6.07) is 5.31. The number of anilines is 1. The molecule has 3 heterocycles. The standard InChI is InChI=1S/C18H23N5O2/c1-12-9-13(2)22-18(21-12)23-7-4-14(5-8-23)11-25-15-3-6-20-16(10-15)17(19)24/h3,6,9-10,14H,4-5,7-8,11H2,1-2H3,(H2,19,24). The molecule has 1 fully saturated rings. The zero-order chi connectivity index (χ0) is 17.8. The lowest BCUT2D eigenvalue weighted by Gasteiger charge is -2.32. The molecule has 0 unspecified atom stereocenters. The summed E-state index contributed by atoms with van der Waals surface area (Å²) in [6.07, 6.45) is 3.57. The predicted octanol–water partition coefficient (Wildman–Crippen LogP) is 1.88. The molecule has 1 saturated heterocycles. The Hall–Kier alpha value is -2.70. The van der Waals surface area contributed by atoms with E-state index >= 15 is 0 Å². The number of primary amides is 1. The number of aromatic nitrogens is 3. The van der Waals surface area contributed by atoms with Crippen molar-refractivity contribution >= 4 is 11.9 Å². The van der Waals surface area contributed by atoms with Crippen molar-refractivity contribution in [2.24, 2.45) is 11.7 Å². The highest BCUT2D eigenvalue weighted by molar-refractivity contribution is 5.91. The summed E-state index contributed by atoms with van der Waals surface area (Å²) in [7, 11) is 0. The second-order valence-electron chi connectivity index (χ2n) is 6.43. The Morgan fingerprint density at radius 2 is 1.92 bits per heavy atom. The number of hydrogen-bond acceptors (Lipinski definition) is 6. The monoisotopic (exact) mass is 341 g/mol. The summed E-state index contributed by atoms with van der Waals surface area (Å²) >= 11 is 0. The van der Waals surface area contributed by atoms with Crippen LogP contribution in [0.5, 0.6) is 5.75 Å². The van der Waals surface area contributed by atoms with Crippen molar-refractivity contribution in [3.8, 4) is 5.75 Å². The fourth-order valence-corrected chi connectivity index (χ4v) is 3.00. The van der Waals surface area contributed by atoms with Gasteiger partial charge in [0.05, 0.1) is 6.61 Å². The van der Waals surface area contributed by atoms with Crippen molar-refractivity contribution in [3.63, 3.8) is 0 Å². The third-order valence-corrected chi connectivity index (χ3v) is 4.34. The second kappa shape index (κ2) is 7.46. The van der Waals surface area contributed by atoms with Crippen molar-refractivity contribution in [2.45, 2.75) is 26.7 Å². The van der Waals surface area contributed by atoms with Crippen LogP contribution in [0.1, 0.15) is 34.7 Å². The summed E-state index contributed by atoms with van der Waals surface area (Å²) in [6.45, 7) is 6.44. The van der Waals surface area contributed by atoms with Gasteiger partial charge in [-0.05, 0) is 44.7 Å². The summed E-state index contributed by atoms with van der Waals surface area (Å²) in [5.41, 5.74) is 7.45. The van der Waals surface area contributed by atoms with Gasteiger partial charge in [0.25, 0.3) is 5.91 Å². The third kappa shape index (κ3) is 4.43. The molecule has 0 aliphatic carbocycles. The first-order valence-electron chi connectivity index (χ1n) is 8.47. The van der Waals surface area contributed by atoms with Crippen molar-refractivity contribution < 1.29 is 9.53 Å². The van der Waals surface area contributed by atoms with Crippen molar-refractivity contribution in [3.05, 3.63) is 41.5 Å². The van der Waals surface area contributed by atoms with Crippen LogP contribution >= 0.6 is 0 Å². The molecule has 132 valence electrons. The zero-order valence-electron chi connectivity index (χ0n) is 14.6. The van der Waals surface area contributed by atoms with Gasteiger partial charge in [-0.3, -0.25) is 9.78 Å². The van der Waals surface area contributed by atoms with E-state index in [4.69, 9.17) is 10.5 Å². The molecule has 3 rings (SSSR count). The number of nitrogens with two attached hydrogens (primary N) is 1. The Kier molecular flexibility index (Phi) is 5.11. The highest BCUT2D eigenvalue weighted by Crippen LogP contribution is 2.22. The third-order valence-electron chi connectivity index (χ3n) is 4.34. The number of carbonyl (C=O) groups excluding carboxylic acids is 1. The summed E-state index contributed by atoms with van der Waals surface area (Å²) in [5.74, 6) is 1.36. The minimum atomic E-state index is -0.549. The number of piperidine rings is 1. The molecular weight excluding hydrogens is 318 g/mol. The lowest BCUT2D eigenvalue weighted by atomic mass is 9.98. The fraction of sp³-hybridized carbons (Fsp3) is 0.444. The summed E-state index contributed by atoms with van der Waals surface area (Å²) in [4.78, 5) is 26.4. The second-order valence-corrected chi connectivity index (χ2v) is 6.43. The highest BCUT2D eigenvalue weighted by Gasteiger charge is 2.22. The molecule has 0 spiro atoms. The lowest BCUT2D eigenvalue weighted by Crippen LogP contribution is -2.36. The van der Waals surface area contributed by atoms with E-state index in [0.717, 1.165) is 43.3 Å². The summed E-state index contributed by atoms with van der Waals surface area (Å²) in [5, 5.41) is 0. The number of ether oxygens (including phenoxy) is 1. The SMILES string of the molecule is Cc1cc(C)nc(N2CCC(COc3ccnc(C(N)=O)c3)CC2)n1. The van der Waals surface area contributed by atoms with Crippen molar-refractivity contribution in [1.82, 2.24) is 15.0 Å². The van der Waals surface area contributed by atoms with Crippen LogP contribution in [-0.2, 0) is 0 Å². The molecular formula is C18H23N5O2. The molecule has 7 nitrogen and oxygen atoms in total. The van der Waals surface area contributed by atoms with E-state index in [-0.39, 0.29) is 5.69 Å². The van der Waals surface area contributed by atoms with Gasteiger partial charge in [-0.1, -0.05) is 0 Å². The number of aryl methyl sites for hydroxylation is 2. The van der Waals surface area contributed by atoms with Gasteiger partial charge in [0, 0.05) is 36.7 Å². The molecule has 25 heavy (non-hydrogen) atoms. The van der Waals surface area contributed by atoms with Crippen LogP contribution in [0.3, 0.4) is 0 Å². The molecule has 0 bridgehead atoms.